The zero-order valence-electron chi connectivity index (χ0n) is 15.1. The third-order valence-electron chi connectivity index (χ3n) is 4.34. The van der Waals surface area contributed by atoms with Crippen LogP contribution in [0.1, 0.15) is 17.0 Å². The summed E-state index contributed by atoms with van der Waals surface area (Å²) in [6.45, 7) is 2.02. The molecule has 1 N–H and O–H groups in total. The normalized spacial score (nSPS) is 10.9. The van der Waals surface area contributed by atoms with Crippen molar-refractivity contribution in [3.8, 4) is 17.1 Å². The molecule has 0 aliphatic heterocycles. The van der Waals surface area contributed by atoms with E-state index in [2.05, 4.69) is 19.9 Å². The SMILES string of the molecule is COc1ccc2nc(Cc3ccc(-c4cc(C)ccn4)nc3)[nH]c(=O)c2c1. The van der Waals surface area contributed by atoms with Gasteiger partial charge < -0.3 is 9.72 Å². The van der Waals surface area contributed by atoms with Gasteiger partial charge in [0, 0.05) is 18.8 Å². The molecule has 0 radical (unpaired) electrons. The van der Waals surface area contributed by atoms with Crippen LogP contribution in [0.5, 0.6) is 5.75 Å². The minimum atomic E-state index is -0.178. The van der Waals surface area contributed by atoms with Gasteiger partial charge in [-0.25, -0.2) is 4.98 Å². The second kappa shape index (κ2) is 6.99. The van der Waals surface area contributed by atoms with Crippen molar-refractivity contribution in [1.82, 2.24) is 19.9 Å². The fraction of sp³-hybridized carbons (Fsp3) is 0.143. The number of aryl methyl sites for hydroxylation is 1. The van der Waals surface area contributed by atoms with E-state index in [1.54, 1.807) is 37.7 Å². The van der Waals surface area contributed by atoms with Gasteiger partial charge in [-0.05, 0) is 54.4 Å². The van der Waals surface area contributed by atoms with E-state index in [4.69, 9.17) is 4.74 Å². The Hall–Kier alpha value is -3.54. The summed E-state index contributed by atoms with van der Waals surface area (Å²) in [6, 6.07) is 13.1. The van der Waals surface area contributed by atoms with Crippen LogP contribution in [0.15, 0.2) is 59.7 Å². The highest BCUT2D eigenvalue weighted by molar-refractivity contribution is 5.79. The first-order chi connectivity index (χ1) is 13.1. The van der Waals surface area contributed by atoms with Crippen molar-refractivity contribution in [3.63, 3.8) is 0 Å². The molecule has 4 aromatic rings. The number of aromatic nitrogens is 4. The maximum Gasteiger partial charge on any atom is 0.258 e. The Labute approximate surface area is 155 Å². The Morgan fingerprint density at radius 1 is 1.04 bits per heavy atom. The van der Waals surface area contributed by atoms with Crippen LogP contribution in [0.3, 0.4) is 0 Å². The first kappa shape index (κ1) is 16.9. The van der Waals surface area contributed by atoms with Crippen molar-refractivity contribution in [2.24, 2.45) is 0 Å². The van der Waals surface area contributed by atoms with Crippen LogP contribution in [-0.2, 0) is 6.42 Å². The minimum Gasteiger partial charge on any atom is -0.497 e. The lowest BCUT2D eigenvalue weighted by molar-refractivity contribution is 0.415. The molecular formula is C21H18N4O2. The Morgan fingerprint density at radius 2 is 1.93 bits per heavy atom. The third kappa shape index (κ3) is 3.55. The summed E-state index contributed by atoms with van der Waals surface area (Å²) in [6.07, 6.45) is 4.06. The Kier molecular flexibility index (Phi) is 4.38. The zero-order valence-corrected chi connectivity index (χ0v) is 15.1. The predicted octanol–water partition coefficient (Wildman–Crippen LogP) is 3.29. The van der Waals surface area contributed by atoms with Crippen molar-refractivity contribution < 1.29 is 4.74 Å². The van der Waals surface area contributed by atoms with E-state index in [-0.39, 0.29) is 5.56 Å². The molecule has 0 unspecified atom stereocenters. The van der Waals surface area contributed by atoms with Gasteiger partial charge in [0.2, 0.25) is 0 Å². The molecule has 0 aliphatic carbocycles. The predicted molar refractivity (Wildman–Crippen MR) is 104 cm³/mol. The van der Waals surface area contributed by atoms with Gasteiger partial charge in [0.05, 0.1) is 29.4 Å². The van der Waals surface area contributed by atoms with E-state index < -0.39 is 0 Å². The maximum absolute atomic E-state index is 12.4. The van der Waals surface area contributed by atoms with E-state index in [0.29, 0.717) is 28.9 Å². The van der Waals surface area contributed by atoms with Crippen LogP contribution in [0.2, 0.25) is 0 Å². The molecule has 0 fully saturated rings. The lowest BCUT2D eigenvalue weighted by atomic mass is 10.1. The lowest BCUT2D eigenvalue weighted by Crippen LogP contribution is -2.12. The number of hydrogen-bond donors (Lipinski definition) is 1. The third-order valence-corrected chi connectivity index (χ3v) is 4.34. The number of nitrogens with one attached hydrogen (secondary N) is 1. The van der Waals surface area contributed by atoms with Crippen molar-refractivity contribution in [2.45, 2.75) is 13.3 Å². The summed E-state index contributed by atoms with van der Waals surface area (Å²) in [7, 11) is 1.57. The second-order valence-electron chi connectivity index (χ2n) is 6.34. The quantitative estimate of drug-likeness (QED) is 0.605. The first-order valence-corrected chi connectivity index (χ1v) is 8.57. The molecule has 3 heterocycles. The molecule has 27 heavy (non-hydrogen) atoms. The Balaban J connectivity index is 1.61. The van der Waals surface area contributed by atoms with E-state index in [1.807, 2.05) is 31.2 Å². The van der Waals surface area contributed by atoms with Crippen LogP contribution in [0, 0.1) is 6.92 Å². The topological polar surface area (TPSA) is 80.8 Å². The zero-order chi connectivity index (χ0) is 18.8. The van der Waals surface area contributed by atoms with Crippen molar-refractivity contribution in [2.75, 3.05) is 7.11 Å². The van der Waals surface area contributed by atoms with Crippen molar-refractivity contribution in [3.05, 3.63) is 82.2 Å². The molecule has 4 rings (SSSR count). The van der Waals surface area contributed by atoms with Gasteiger partial charge in [-0.1, -0.05) is 6.07 Å². The highest BCUT2D eigenvalue weighted by Crippen LogP contribution is 2.18. The van der Waals surface area contributed by atoms with Crippen LogP contribution in [-0.4, -0.2) is 27.0 Å². The molecule has 0 saturated carbocycles. The number of pyridine rings is 2. The smallest absolute Gasteiger partial charge is 0.258 e. The fourth-order valence-electron chi connectivity index (χ4n) is 2.93. The average molecular weight is 358 g/mol. The number of fused-ring (bicyclic) bond motifs is 1. The van der Waals surface area contributed by atoms with Crippen molar-refractivity contribution in [1.29, 1.82) is 0 Å². The molecule has 1 aromatic carbocycles. The summed E-state index contributed by atoms with van der Waals surface area (Å²) in [5.74, 6) is 1.23. The van der Waals surface area contributed by atoms with Gasteiger partial charge in [0.15, 0.2) is 0 Å². The Bertz CT molecular complexity index is 1170. The van der Waals surface area contributed by atoms with Crippen LogP contribution >= 0.6 is 0 Å². The standard InChI is InChI=1S/C21H18N4O2/c1-13-7-8-22-19(9-13)18-5-3-14(12-23-18)10-20-24-17-6-4-15(27-2)11-16(17)21(26)25-20/h3-9,11-12H,10H2,1-2H3,(H,24,25,26). The first-order valence-electron chi connectivity index (χ1n) is 8.57. The summed E-state index contributed by atoms with van der Waals surface area (Å²) < 4.78 is 5.16. The van der Waals surface area contributed by atoms with E-state index in [1.165, 1.54) is 0 Å². The van der Waals surface area contributed by atoms with Gasteiger partial charge in [0.25, 0.3) is 5.56 Å². The Morgan fingerprint density at radius 3 is 2.67 bits per heavy atom. The largest absolute Gasteiger partial charge is 0.497 e. The molecule has 3 aromatic heterocycles. The van der Waals surface area contributed by atoms with E-state index in [0.717, 1.165) is 22.5 Å². The molecule has 134 valence electrons. The summed E-state index contributed by atoms with van der Waals surface area (Å²) in [5, 5.41) is 0.511. The molecule has 0 amide bonds. The number of rotatable bonds is 4. The molecule has 0 bridgehead atoms. The molecule has 0 aliphatic rings. The number of hydrogen-bond acceptors (Lipinski definition) is 5. The highest BCUT2D eigenvalue weighted by atomic mass is 16.5. The monoisotopic (exact) mass is 358 g/mol. The van der Waals surface area contributed by atoms with E-state index >= 15 is 0 Å². The minimum absolute atomic E-state index is 0.178. The van der Waals surface area contributed by atoms with Gasteiger partial charge in [0.1, 0.15) is 11.6 Å². The average Bonchev–Trinajstić information content (AvgIpc) is 2.68. The fourth-order valence-corrected chi connectivity index (χ4v) is 2.93. The van der Waals surface area contributed by atoms with E-state index in [9.17, 15) is 4.79 Å². The summed E-state index contributed by atoms with van der Waals surface area (Å²) >= 11 is 0. The number of methoxy groups -OCH3 is 1. The number of H-pyrrole nitrogens is 1. The molecule has 0 saturated heterocycles. The molecule has 0 spiro atoms. The van der Waals surface area contributed by atoms with Crippen molar-refractivity contribution >= 4 is 10.9 Å². The van der Waals surface area contributed by atoms with Gasteiger partial charge in [-0.15, -0.1) is 0 Å². The molecule has 6 nitrogen and oxygen atoms in total. The number of aromatic amines is 1. The maximum atomic E-state index is 12.4. The summed E-state index contributed by atoms with van der Waals surface area (Å²) in [5.41, 5.74) is 4.22. The van der Waals surface area contributed by atoms with Crippen LogP contribution in [0.25, 0.3) is 22.3 Å². The molecule has 0 atom stereocenters. The number of ether oxygens (including phenoxy) is 1. The highest BCUT2D eigenvalue weighted by Gasteiger charge is 2.07. The van der Waals surface area contributed by atoms with Gasteiger partial charge >= 0.3 is 0 Å². The van der Waals surface area contributed by atoms with Gasteiger partial charge in [-0.3, -0.25) is 14.8 Å². The molecule has 6 heteroatoms. The number of nitrogens with zero attached hydrogens (tertiary/aromatic N) is 3. The lowest BCUT2D eigenvalue weighted by Gasteiger charge is -2.06. The molecular weight excluding hydrogens is 340 g/mol. The van der Waals surface area contributed by atoms with Crippen LogP contribution < -0.4 is 10.3 Å². The number of benzene rings is 1. The van der Waals surface area contributed by atoms with Gasteiger partial charge in [-0.2, -0.15) is 0 Å². The second-order valence-corrected chi connectivity index (χ2v) is 6.34. The van der Waals surface area contributed by atoms with Crippen LogP contribution in [0.4, 0.5) is 0 Å². The summed E-state index contributed by atoms with van der Waals surface area (Å²) in [4.78, 5) is 28.6.